The van der Waals surface area contributed by atoms with Gasteiger partial charge in [-0.25, -0.2) is 0 Å². The van der Waals surface area contributed by atoms with Crippen LogP contribution in [0.4, 0.5) is 0 Å². The van der Waals surface area contributed by atoms with Gasteiger partial charge in [0.25, 0.3) is 0 Å². The maximum atomic E-state index is 8.98. The van der Waals surface area contributed by atoms with E-state index in [1.807, 2.05) is 32.0 Å². The molecule has 4 nitrogen and oxygen atoms in total. The maximum Gasteiger partial charge on any atom is 0.103 e. The molecule has 1 aromatic heterocycles. The summed E-state index contributed by atoms with van der Waals surface area (Å²) >= 11 is 0. The minimum Gasteiger partial charge on any atom is -0.382 e. The minimum absolute atomic E-state index is 0.634. The van der Waals surface area contributed by atoms with Gasteiger partial charge in [-0.3, -0.25) is 4.68 Å². The van der Waals surface area contributed by atoms with Crippen molar-refractivity contribution in [1.82, 2.24) is 14.7 Å². The summed E-state index contributed by atoms with van der Waals surface area (Å²) in [4.78, 5) is 1.85. The fourth-order valence-corrected chi connectivity index (χ4v) is 1.22. The van der Waals surface area contributed by atoms with Gasteiger partial charge in [-0.15, -0.1) is 0 Å². The molecule has 0 aliphatic carbocycles. The van der Waals surface area contributed by atoms with E-state index in [-0.39, 0.29) is 0 Å². The summed E-state index contributed by atoms with van der Waals surface area (Å²) in [6, 6.07) is 4.02. The van der Waals surface area contributed by atoms with E-state index in [9.17, 15) is 0 Å². The molecule has 0 aliphatic rings. The average molecular weight is 190 g/mol. The van der Waals surface area contributed by atoms with Crippen LogP contribution in [-0.2, 0) is 6.54 Å². The van der Waals surface area contributed by atoms with Gasteiger partial charge in [0.2, 0.25) is 0 Å². The van der Waals surface area contributed by atoms with Crippen LogP contribution in [0.1, 0.15) is 12.6 Å². The normalized spacial score (nSPS) is 11.1. The van der Waals surface area contributed by atoms with E-state index in [4.69, 9.17) is 5.26 Å². The predicted octanol–water partition coefficient (Wildman–Crippen LogP) is 1.33. The summed E-state index contributed by atoms with van der Waals surface area (Å²) in [6.45, 7) is 2.77. The highest BCUT2D eigenvalue weighted by Crippen LogP contribution is 2.12. The van der Waals surface area contributed by atoms with Crippen molar-refractivity contribution in [2.75, 3.05) is 14.1 Å². The summed E-state index contributed by atoms with van der Waals surface area (Å²) in [5, 5.41) is 13.1. The molecule has 1 aromatic rings. The molecule has 1 heterocycles. The molecule has 1 rings (SSSR count). The van der Waals surface area contributed by atoms with E-state index in [1.54, 1.807) is 17.1 Å². The van der Waals surface area contributed by atoms with Crippen molar-refractivity contribution in [3.05, 3.63) is 24.2 Å². The Morgan fingerprint density at radius 1 is 1.71 bits per heavy atom. The Labute approximate surface area is 84.1 Å². The molecule has 0 N–H and O–H groups in total. The van der Waals surface area contributed by atoms with Gasteiger partial charge in [0, 0.05) is 33.0 Å². The average Bonchev–Trinajstić information content (AvgIpc) is 2.61. The van der Waals surface area contributed by atoms with Gasteiger partial charge in [0.05, 0.1) is 11.3 Å². The molecule has 0 radical (unpaired) electrons. The number of aromatic nitrogens is 2. The van der Waals surface area contributed by atoms with Gasteiger partial charge in [0.15, 0.2) is 0 Å². The van der Waals surface area contributed by atoms with Crippen LogP contribution in [0.3, 0.4) is 0 Å². The number of hydrogen-bond acceptors (Lipinski definition) is 3. The van der Waals surface area contributed by atoms with Crippen LogP contribution >= 0.6 is 0 Å². The third-order valence-electron chi connectivity index (χ3n) is 1.80. The number of allylic oxidation sites excluding steroid dienone is 1. The van der Waals surface area contributed by atoms with Gasteiger partial charge in [0.1, 0.15) is 6.07 Å². The molecule has 0 amide bonds. The zero-order chi connectivity index (χ0) is 10.6. The summed E-state index contributed by atoms with van der Waals surface area (Å²) in [7, 11) is 3.79. The Kier molecular flexibility index (Phi) is 3.29. The molecule has 0 aliphatic heterocycles. The van der Waals surface area contributed by atoms with Crippen molar-refractivity contribution in [2.24, 2.45) is 0 Å². The number of rotatable bonds is 3. The summed E-state index contributed by atoms with van der Waals surface area (Å²) in [5.74, 6) is 0. The standard InChI is InChI=1S/C10H14N4/c1-4-14-10(5-6-12-14)9(7-11)8-13(2)3/h5-6,8H,4H2,1-3H3. The van der Waals surface area contributed by atoms with Crippen molar-refractivity contribution < 1.29 is 0 Å². The van der Waals surface area contributed by atoms with E-state index in [1.165, 1.54) is 0 Å². The Bertz CT molecular complexity index is 368. The Morgan fingerprint density at radius 3 is 2.93 bits per heavy atom. The quantitative estimate of drug-likeness (QED) is 0.675. The molecular weight excluding hydrogens is 176 g/mol. The number of nitriles is 1. The van der Waals surface area contributed by atoms with Crippen LogP contribution in [0.5, 0.6) is 0 Å². The van der Waals surface area contributed by atoms with Crippen LogP contribution in [-0.4, -0.2) is 28.8 Å². The second kappa shape index (κ2) is 4.47. The van der Waals surface area contributed by atoms with E-state index in [0.717, 1.165) is 12.2 Å². The lowest BCUT2D eigenvalue weighted by atomic mass is 10.2. The van der Waals surface area contributed by atoms with Crippen LogP contribution in [0.15, 0.2) is 18.5 Å². The largest absolute Gasteiger partial charge is 0.382 e. The molecular formula is C10H14N4. The van der Waals surface area contributed by atoms with Gasteiger partial charge in [-0.1, -0.05) is 0 Å². The van der Waals surface area contributed by atoms with Gasteiger partial charge < -0.3 is 4.90 Å². The summed E-state index contributed by atoms with van der Waals surface area (Å²) < 4.78 is 1.80. The second-order valence-corrected chi connectivity index (χ2v) is 3.15. The zero-order valence-corrected chi connectivity index (χ0v) is 8.73. The first-order valence-corrected chi connectivity index (χ1v) is 4.49. The van der Waals surface area contributed by atoms with Crippen LogP contribution in [0.2, 0.25) is 0 Å². The second-order valence-electron chi connectivity index (χ2n) is 3.15. The molecule has 0 atom stereocenters. The predicted molar refractivity (Wildman–Crippen MR) is 55.2 cm³/mol. The fraction of sp³-hybridized carbons (Fsp3) is 0.400. The molecule has 0 saturated heterocycles. The molecule has 0 bridgehead atoms. The maximum absolute atomic E-state index is 8.98. The SMILES string of the molecule is CCn1nccc1C(C#N)=CN(C)C. The molecule has 0 fully saturated rings. The lowest BCUT2D eigenvalue weighted by Gasteiger charge is -2.07. The number of nitrogens with zero attached hydrogens (tertiary/aromatic N) is 4. The van der Waals surface area contributed by atoms with Gasteiger partial charge >= 0.3 is 0 Å². The molecule has 4 heteroatoms. The van der Waals surface area contributed by atoms with Crippen molar-refractivity contribution >= 4 is 5.57 Å². The van der Waals surface area contributed by atoms with Crippen molar-refractivity contribution in [3.8, 4) is 6.07 Å². The van der Waals surface area contributed by atoms with E-state index < -0.39 is 0 Å². The van der Waals surface area contributed by atoms with Gasteiger partial charge in [-0.05, 0) is 13.0 Å². The van der Waals surface area contributed by atoms with E-state index in [2.05, 4.69) is 11.2 Å². The first kappa shape index (κ1) is 10.3. The Balaban J connectivity index is 3.08. The molecule has 0 unspecified atom stereocenters. The van der Waals surface area contributed by atoms with Crippen molar-refractivity contribution in [1.29, 1.82) is 5.26 Å². The third kappa shape index (κ3) is 2.13. The van der Waals surface area contributed by atoms with E-state index >= 15 is 0 Å². The number of aryl methyl sites for hydroxylation is 1. The number of hydrogen-bond donors (Lipinski definition) is 0. The Morgan fingerprint density at radius 2 is 2.43 bits per heavy atom. The third-order valence-corrected chi connectivity index (χ3v) is 1.80. The first-order valence-electron chi connectivity index (χ1n) is 4.49. The molecule has 0 aromatic carbocycles. The molecule has 0 spiro atoms. The van der Waals surface area contributed by atoms with Crippen LogP contribution in [0.25, 0.3) is 5.57 Å². The minimum atomic E-state index is 0.634. The van der Waals surface area contributed by atoms with Crippen LogP contribution in [0, 0.1) is 11.3 Å². The molecule has 74 valence electrons. The van der Waals surface area contributed by atoms with Crippen LogP contribution < -0.4 is 0 Å². The smallest absolute Gasteiger partial charge is 0.103 e. The monoisotopic (exact) mass is 190 g/mol. The van der Waals surface area contributed by atoms with E-state index in [0.29, 0.717) is 5.57 Å². The molecule has 0 saturated carbocycles. The topological polar surface area (TPSA) is 44.9 Å². The van der Waals surface area contributed by atoms with Gasteiger partial charge in [-0.2, -0.15) is 10.4 Å². The lowest BCUT2D eigenvalue weighted by Crippen LogP contribution is -2.06. The molecule has 14 heavy (non-hydrogen) atoms. The highest BCUT2D eigenvalue weighted by Gasteiger charge is 2.06. The summed E-state index contributed by atoms with van der Waals surface area (Å²) in [5.41, 5.74) is 1.50. The highest BCUT2D eigenvalue weighted by molar-refractivity contribution is 5.74. The lowest BCUT2D eigenvalue weighted by molar-refractivity contribution is 0.564. The summed E-state index contributed by atoms with van der Waals surface area (Å²) in [6.07, 6.45) is 3.50. The zero-order valence-electron chi connectivity index (χ0n) is 8.73. The van der Waals surface area contributed by atoms with Crippen molar-refractivity contribution in [2.45, 2.75) is 13.5 Å². The van der Waals surface area contributed by atoms with Crippen molar-refractivity contribution in [3.63, 3.8) is 0 Å². The first-order chi connectivity index (χ1) is 6.69. The fourth-order valence-electron chi connectivity index (χ4n) is 1.22. The Hall–Kier alpha value is -1.76. The highest BCUT2D eigenvalue weighted by atomic mass is 15.3.